The van der Waals surface area contributed by atoms with Gasteiger partial charge in [-0.05, 0) is 132 Å². The first-order valence-electron chi connectivity index (χ1n) is 26.4. The largest absolute Gasteiger partial charge is 0.374 e. The molecule has 0 saturated carbocycles. The summed E-state index contributed by atoms with van der Waals surface area (Å²) in [5.74, 6) is 0. The molecule has 18 rings (SSSR count). The Balaban J connectivity index is 1.07. The molecule has 0 amide bonds. The molecular formula is C69H47BN4. The lowest BCUT2D eigenvalue weighted by Gasteiger charge is -2.37. The summed E-state index contributed by atoms with van der Waals surface area (Å²) in [7, 11) is 0. The molecule has 4 aliphatic rings. The van der Waals surface area contributed by atoms with Crippen molar-refractivity contribution in [1.82, 2.24) is 18.2 Å². The summed E-state index contributed by atoms with van der Waals surface area (Å²) < 4.78 is 10.9. The highest BCUT2D eigenvalue weighted by atomic mass is 15.1. The number of nitrogens with zero attached hydrogens (tertiary/aromatic N) is 4. The molecule has 1 atom stereocenters. The summed E-state index contributed by atoms with van der Waals surface area (Å²) >= 11 is 0. The van der Waals surface area contributed by atoms with Crippen molar-refractivity contribution < 1.29 is 0 Å². The van der Waals surface area contributed by atoms with E-state index in [-0.39, 0.29) is 12.9 Å². The van der Waals surface area contributed by atoms with Crippen molar-refractivity contribution in [2.24, 2.45) is 0 Å². The van der Waals surface area contributed by atoms with Gasteiger partial charge in [0.2, 0.25) is 0 Å². The molecule has 0 aliphatic carbocycles. The van der Waals surface area contributed by atoms with Crippen molar-refractivity contribution in [3.63, 3.8) is 0 Å². The van der Waals surface area contributed by atoms with Crippen LogP contribution in [0.25, 0.3) is 132 Å². The number of fused-ring (bicyclic) bond motifs is 19. The highest BCUT2D eigenvalue weighted by Crippen LogP contribution is 2.59. The summed E-state index contributed by atoms with van der Waals surface area (Å²) in [5, 5.41) is 7.83. The van der Waals surface area contributed by atoms with Gasteiger partial charge in [-0.3, -0.25) is 0 Å². The minimum absolute atomic E-state index is 0.0724. The zero-order valence-corrected chi connectivity index (χ0v) is 42.1. The lowest BCUT2D eigenvalue weighted by molar-refractivity contribution is 0.711. The standard InChI is InChI=1S/C69H47BN4/c1-35-31-37(3)57(38(4)32-35)46-29-30-56-62-59(46)48-20-12-22-50-64(48)74(70(62)52-23-13-18-44-42-16-8-10-25-54(42)72(56)65(44)52)69-51-28-27-47(58-39(5)33-36(2)34-40(58)6)60-45-19-14-26-55-61(45)67(73(66(51)60)68(50)69)49-21-11-17-43-41-15-7-9-24-53(41)71(55)63(43)49/h7-34,67H,1-6H3. The molecule has 1 unspecified atom stereocenters. The average molecular weight is 943 g/mol. The van der Waals surface area contributed by atoms with Crippen LogP contribution in [0.2, 0.25) is 0 Å². The Kier molecular flexibility index (Phi) is 7.11. The van der Waals surface area contributed by atoms with Gasteiger partial charge < -0.3 is 18.2 Å². The van der Waals surface area contributed by atoms with E-state index in [0.29, 0.717) is 0 Å². The van der Waals surface area contributed by atoms with Crippen molar-refractivity contribution >= 4 is 94.2 Å². The molecule has 0 saturated heterocycles. The Morgan fingerprint density at radius 2 is 0.919 bits per heavy atom. The highest BCUT2D eigenvalue weighted by Gasteiger charge is 2.46. The number of rotatable bonds is 2. The topological polar surface area (TPSA) is 19.7 Å². The Hall–Kier alpha value is -8.80. The minimum atomic E-state index is -0.0961. The van der Waals surface area contributed by atoms with Crippen LogP contribution in [0.3, 0.4) is 0 Å². The molecule has 74 heavy (non-hydrogen) atoms. The highest BCUT2D eigenvalue weighted by molar-refractivity contribution is 6.90. The molecule has 0 bridgehead atoms. The molecule has 14 aromatic rings. The van der Waals surface area contributed by atoms with E-state index in [1.165, 1.54) is 188 Å². The Morgan fingerprint density at radius 1 is 0.365 bits per heavy atom. The van der Waals surface area contributed by atoms with Crippen molar-refractivity contribution in [2.45, 2.75) is 47.6 Å². The molecular weight excluding hydrogens is 896 g/mol. The lowest BCUT2D eigenvalue weighted by Crippen LogP contribution is -2.55. The van der Waals surface area contributed by atoms with E-state index in [2.05, 4.69) is 230 Å². The van der Waals surface area contributed by atoms with E-state index in [4.69, 9.17) is 0 Å². The third-order valence-corrected chi connectivity index (χ3v) is 18.2. The van der Waals surface area contributed by atoms with Crippen LogP contribution >= 0.6 is 0 Å². The zero-order chi connectivity index (χ0) is 48.9. The molecule has 4 aromatic heterocycles. The molecule has 0 N–H and O–H groups in total. The van der Waals surface area contributed by atoms with Gasteiger partial charge in [0.05, 0.1) is 50.3 Å². The van der Waals surface area contributed by atoms with Gasteiger partial charge in [0.25, 0.3) is 0 Å². The van der Waals surface area contributed by atoms with Crippen LogP contribution in [-0.4, -0.2) is 25.0 Å². The van der Waals surface area contributed by atoms with Crippen LogP contribution in [0.1, 0.15) is 50.5 Å². The van der Waals surface area contributed by atoms with Gasteiger partial charge in [-0.15, -0.1) is 0 Å². The third kappa shape index (κ3) is 4.42. The Bertz CT molecular complexity index is 5000. The second kappa shape index (κ2) is 13.2. The molecule has 0 fully saturated rings. The van der Waals surface area contributed by atoms with E-state index in [1.807, 2.05) is 0 Å². The maximum atomic E-state index is 2.85. The first-order valence-corrected chi connectivity index (χ1v) is 26.4. The fourth-order valence-corrected chi connectivity index (χ4v) is 16.1. The summed E-state index contributed by atoms with van der Waals surface area (Å²) in [5.41, 5.74) is 36.9. The van der Waals surface area contributed by atoms with Crippen LogP contribution in [0.5, 0.6) is 0 Å². The van der Waals surface area contributed by atoms with E-state index in [1.54, 1.807) is 0 Å². The van der Waals surface area contributed by atoms with Crippen molar-refractivity contribution in [3.05, 3.63) is 214 Å². The van der Waals surface area contributed by atoms with E-state index in [9.17, 15) is 0 Å². The predicted molar refractivity (Wildman–Crippen MR) is 311 cm³/mol. The fraction of sp³-hybridized carbons (Fsp3) is 0.101. The number of hydrogen-bond donors (Lipinski definition) is 0. The minimum Gasteiger partial charge on any atom is -0.374 e. The summed E-state index contributed by atoms with van der Waals surface area (Å²) in [4.78, 5) is 0. The molecule has 10 aromatic carbocycles. The van der Waals surface area contributed by atoms with Crippen LogP contribution in [0, 0.1) is 41.5 Å². The number of aromatic nitrogens is 4. The summed E-state index contributed by atoms with van der Waals surface area (Å²) in [6.45, 7) is 13.6. The zero-order valence-electron chi connectivity index (χ0n) is 42.1. The Labute approximate surface area is 428 Å². The maximum absolute atomic E-state index is 2.85. The SMILES string of the molecule is Cc1cc(C)c(-c2ccc3c4c2-c2cccc5c2n(c2c6ccc(-c7c(C)cc(C)cc7C)c7c6n(c52)C2c5c-7cccc5-n5c6ccccc6c6cccc2c65)B4c2cccc4c5ccccc5n-3c24)c(C)c1. The van der Waals surface area contributed by atoms with E-state index in [0.717, 1.165) is 0 Å². The van der Waals surface area contributed by atoms with Crippen LogP contribution in [0.4, 0.5) is 0 Å². The van der Waals surface area contributed by atoms with Gasteiger partial charge in [0.15, 0.2) is 0 Å². The molecule has 346 valence electrons. The third-order valence-electron chi connectivity index (χ3n) is 18.2. The Morgan fingerprint density at radius 3 is 1.64 bits per heavy atom. The monoisotopic (exact) mass is 942 g/mol. The van der Waals surface area contributed by atoms with Crippen molar-refractivity contribution in [2.75, 3.05) is 0 Å². The molecule has 8 heterocycles. The van der Waals surface area contributed by atoms with Gasteiger partial charge in [0.1, 0.15) is 0 Å². The van der Waals surface area contributed by atoms with Gasteiger partial charge in [-0.2, -0.15) is 0 Å². The van der Waals surface area contributed by atoms with Gasteiger partial charge in [0, 0.05) is 65.8 Å². The van der Waals surface area contributed by atoms with Gasteiger partial charge in [-0.25, -0.2) is 0 Å². The second-order valence-electron chi connectivity index (χ2n) is 22.2. The molecule has 4 aliphatic heterocycles. The van der Waals surface area contributed by atoms with Crippen LogP contribution in [-0.2, 0) is 0 Å². The fourth-order valence-electron chi connectivity index (χ4n) is 16.1. The van der Waals surface area contributed by atoms with Crippen molar-refractivity contribution in [3.8, 4) is 55.9 Å². The average Bonchev–Trinajstić information content (AvgIpc) is 4.24. The smallest absolute Gasteiger partial charge is 0.333 e. The molecule has 0 radical (unpaired) electrons. The normalized spacial score (nSPS) is 14.5. The van der Waals surface area contributed by atoms with Crippen LogP contribution in [0.15, 0.2) is 170 Å². The van der Waals surface area contributed by atoms with Gasteiger partial charge in [-0.1, -0.05) is 157 Å². The first-order chi connectivity index (χ1) is 36.3. The molecule has 0 spiro atoms. The van der Waals surface area contributed by atoms with E-state index >= 15 is 0 Å². The number of para-hydroxylation sites is 5. The van der Waals surface area contributed by atoms with Crippen molar-refractivity contribution in [1.29, 1.82) is 0 Å². The maximum Gasteiger partial charge on any atom is 0.333 e. The molecule has 5 heteroatoms. The number of benzene rings is 10. The number of aryl methyl sites for hydroxylation is 6. The predicted octanol–water partition coefficient (Wildman–Crippen LogP) is 16.0. The van der Waals surface area contributed by atoms with Gasteiger partial charge >= 0.3 is 6.85 Å². The lowest BCUT2D eigenvalue weighted by atomic mass is 9.45. The van der Waals surface area contributed by atoms with E-state index < -0.39 is 0 Å². The first kappa shape index (κ1) is 39.8. The molecule has 4 nitrogen and oxygen atoms in total. The quantitative estimate of drug-likeness (QED) is 0.154. The summed E-state index contributed by atoms with van der Waals surface area (Å²) in [6, 6.07) is 66.1. The number of hydrogen-bond acceptors (Lipinski definition) is 0. The van der Waals surface area contributed by atoms with Crippen LogP contribution < -0.4 is 10.9 Å². The second-order valence-corrected chi connectivity index (χ2v) is 22.2. The summed E-state index contributed by atoms with van der Waals surface area (Å²) in [6.07, 6.45) is 0.